The highest BCUT2D eigenvalue weighted by Crippen LogP contribution is 2.44. The summed E-state index contributed by atoms with van der Waals surface area (Å²) >= 11 is 6.44. The van der Waals surface area contributed by atoms with Crippen LogP contribution in [0, 0.1) is 0 Å². The number of amides is 3. The number of nitrogens with one attached hydrogen (secondary N) is 1. The zero-order valence-corrected chi connectivity index (χ0v) is 18.6. The summed E-state index contributed by atoms with van der Waals surface area (Å²) in [6.45, 7) is 2.66. The highest BCUT2D eigenvalue weighted by atomic mass is 32.2. The normalized spacial score (nSPS) is 18.0. The van der Waals surface area contributed by atoms with Gasteiger partial charge in [0.25, 0.3) is 11.8 Å². The van der Waals surface area contributed by atoms with Crippen LogP contribution < -0.4 is 10.2 Å². The topological polar surface area (TPSA) is 69.7 Å². The quantitative estimate of drug-likeness (QED) is 0.540. The molecule has 158 valence electrons. The maximum atomic E-state index is 13.3. The number of para-hydroxylation sites is 1. The van der Waals surface area contributed by atoms with Crippen LogP contribution in [-0.2, 0) is 20.8 Å². The summed E-state index contributed by atoms with van der Waals surface area (Å²) in [7, 11) is 0. The molecule has 0 unspecified atom stereocenters. The van der Waals surface area contributed by atoms with E-state index in [1.807, 2.05) is 49.4 Å². The summed E-state index contributed by atoms with van der Waals surface area (Å²) < 4.78 is 0.442. The average molecular weight is 452 g/mol. The number of carbonyl (C=O) groups is 3. The number of carbonyl (C=O) groups excluding carboxylic acids is 3. The van der Waals surface area contributed by atoms with Crippen molar-refractivity contribution in [3.63, 3.8) is 0 Å². The maximum absolute atomic E-state index is 13.3. The van der Waals surface area contributed by atoms with Gasteiger partial charge in [-0.05, 0) is 25.0 Å². The molecule has 0 atom stereocenters. The van der Waals surface area contributed by atoms with Gasteiger partial charge in [0.2, 0.25) is 5.91 Å². The van der Waals surface area contributed by atoms with E-state index in [-0.39, 0.29) is 24.3 Å². The van der Waals surface area contributed by atoms with Gasteiger partial charge in [0.15, 0.2) is 0 Å². The molecule has 1 saturated heterocycles. The van der Waals surface area contributed by atoms with Crippen molar-refractivity contribution in [2.45, 2.75) is 13.3 Å². The molecule has 0 spiro atoms. The molecular weight excluding hydrogens is 430 g/mol. The van der Waals surface area contributed by atoms with Crippen molar-refractivity contribution >= 4 is 57.3 Å². The molecule has 0 saturated carbocycles. The molecule has 6 nitrogen and oxygen atoms in total. The van der Waals surface area contributed by atoms with Gasteiger partial charge < -0.3 is 5.32 Å². The molecule has 0 bridgehead atoms. The van der Waals surface area contributed by atoms with Crippen LogP contribution in [0.3, 0.4) is 0 Å². The maximum Gasteiger partial charge on any atom is 0.266 e. The summed E-state index contributed by atoms with van der Waals surface area (Å²) in [6.07, 6.45) is 0.710. The number of rotatable bonds is 6. The second kappa shape index (κ2) is 9.03. The standard InChI is InChI=1S/C23H21N3O3S2/c1-2-25-22(29)20(31-23(25)30)19-16-10-6-7-11-17(16)26(21(19)28)14-18(27)24-13-12-15-8-4-3-5-9-15/h3-11H,2,12-14H2,1H3,(H,24,27). The van der Waals surface area contributed by atoms with Crippen LogP contribution in [0.1, 0.15) is 18.1 Å². The molecule has 1 N–H and O–H groups in total. The fraction of sp³-hybridized carbons (Fsp3) is 0.217. The summed E-state index contributed by atoms with van der Waals surface area (Å²) in [4.78, 5) is 41.9. The Bertz CT molecular complexity index is 1100. The number of thiocarbonyl (C=S) groups is 1. The van der Waals surface area contributed by atoms with Crippen LogP contribution in [0.15, 0.2) is 59.5 Å². The van der Waals surface area contributed by atoms with Crippen molar-refractivity contribution < 1.29 is 14.4 Å². The summed E-state index contributed by atoms with van der Waals surface area (Å²) in [5, 5.41) is 2.88. The Morgan fingerprint density at radius 1 is 1.00 bits per heavy atom. The Labute approximate surface area is 190 Å². The minimum Gasteiger partial charge on any atom is -0.354 e. The second-order valence-corrected chi connectivity index (χ2v) is 8.76. The third kappa shape index (κ3) is 4.13. The molecule has 2 aromatic carbocycles. The first-order valence-corrected chi connectivity index (χ1v) is 11.2. The van der Waals surface area contributed by atoms with Crippen molar-refractivity contribution in [1.29, 1.82) is 0 Å². The van der Waals surface area contributed by atoms with Crippen molar-refractivity contribution in [3.8, 4) is 0 Å². The first-order valence-electron chi connectivity index (χ1n) is 10.0. The van der Waals surface area contributed by atoms with Crippen LogP contribution in [0.5, 0.6) is 0 Å². The number of likely N-dealkylation sites (N-methyl/N-ethyl adjacent to an activating group) is 1. The Morgan fingerprint density at radius 2 is 1.71 bits per heavy atom. The third-order valence-corrected chi connectivity index (χ3v) is 6.64. The van der Waals surface area contributed by atoms with E-state index in [2.05, 4.69) is 5.32 Å². The lowest BCUT2D eigenvalue weighted by Gasteiger charge is -2.16. The van der Waals surface area contributed by atoms with Crippen LogP contribution in [-0.4, -0.2) is 46.6 Å². The summed E-state index contributed by atoms with van der Waals surface area (Å²) in [5.41, 5.74) is 2.73. The number of fused-ring (bicyclic) bond motifs is 1. The molecule has 2 aromatic rings. The first-order chi connectivity index (χ1) is 15.0. The molecular formula is C23H21N3O3S2. The molecule has 3 amide bonds. The molecule has 31 heavy (non-hydrogen) atoms. The van der Waals surface area contributed by atoms with Crippen molar-refractivity contribution in [2.75, 3.05) is 24.5 Å². The molecule has 0 aliphatic carbocycles. The van der Waals surface area contributed by atoms with Gasteiger partial charge in [-0.25, -0.2) is 0 Å². The van der Waals surface area contributed by atoms with Crippen molar-refractivity contribution in [3.05, 3.63) is 70.6 Å². The smallest absolute Gasteiger partial charge is 0.266 e. The van der Waals surface area contributed by atoms with E-state index in [4.69, 9.17) is 12.2 Å². The summed E-state index contributed by atoms with van der Waals surface area (Å²) in [6, 6.07) is 17.1. The lowest BCUT2D eigenvalue weighted by atomic mass is 10.1. The van der Waals surface area contributed by atoms with Gasteiger partial charge in [0, 0.05) is 18.7 Å². The van der Waals surface area contributed by atoms with Gasteiger partial charge in [0.1, 0.15) is 10.9 Å². The Balaban J connectivity index is 1.53. The minimum absolute atomic E-state index is 0.109. The number of hydrogen-bond donors (Lipinski definition) is 1. The Hall–Kier alpha value is -2.97. The third-order valence-electron chi connectivity index (χ3n) is 5.20. The van der Waals surface area contributed by atoms with Crippen LogP contribution >= 0.6 is 24.0 Å². The Kier molecular flexibility index (Phi) is 6.20. The monoisotopic (exact) mass is 451 g/mol. The summed E-state index contributed by atoms with van der Waals surface area (Å²) in [5.74, 6) is -0.859. The fourth-order valence-corrected chi connectivity index (χ4v) is 5.12. The van der Waals surface area contributed by atoms with E-state index in [0.29, 0.717) is 45.6 Å². The number of anilines is 1. The lowest BCUT2D eigenvalue weighted by Crippen LogP contribution is -2.39. The van der Waals surface area contributed by atoms with Gasteiger partial charge in [-0.2, -0.15) is 0 Å². The van der Waals surface area contributed by atoms with Crippen LogP contribution in [0.4, 0.5) is 5.69 Å². The molecule has 2 aliphatic heterocycles. The first kappa shape index (κ1) is 21.3. The van der Waals surface area contributed by atoms with E-state index < -0.39 is 0 Å². The van der Waals surface area contributed by atoms with Gasteiger partial charge >= 0.3 is 0 Å². The van der Waals surface area contributed by atoms with E-state index in [1.54, 1.807) is 12.1 Å². The van der Waals surface area contributed by atoms with E-state index in [0.717, 1.165) is 17.3 Å². The van der Waals surface area contributed by atoms with Gasteiger partial charge in [-0.15, -0.1) is 0 Å². The molecule has 4 rings (SSSR count). The van der Waals surface area contributed by atoms with E-state index >= 15 is 0 Å². The van der Waals surface area contributed by atoms with Crippen LogP contribution in [0.25, 0.3) is 5.57 Å². The fourth-order valence-electron chi connectivity index (χ4n) is 3.67. The largest absolute Gasteiger partial charge is 0.354 e. The number of nitrogens with zero attached hydrogens (tertiary/aromatic N) is 2. The predicted molar refractivity (Wildman–Crippen MR) is 126 cm³/mol. The van der Waals surface area contributed by atoms with E-state index in [9.17, 15) is 14.4 Å². The lowest BCUT2D eigenvalue weighted by molar-refractivity contribution is -0.122. The van der Waals surface area contributed by atoms with Gasteiger partial charge in [0.05, 0.1) is 16.2 Å². The van der Waals surface area contributed by atoms with Crippen molar-refractivity contribution in [1.82, 2.24) is 10.2 Å². The molecule has 2 aliphatic rings. The van der Waals surface area contributed by atoms with Crippen LogP contribution in [0.2, 0.25) is 0 Å². The van der Waals surface area contributed by atoms with Gasteiger partial charge in [-0.1, -0.05) is 72.5 Å². The zero-order chi connectivity index (χ0) is 22.0. The zero-order valence-electron chi connectivity index (χ0n) is 17.0. The molecule has 0 radical (unpaired) electrons. The highest BCUT2D eigenvalue weighted by Gasteiger charge is 2.41. The molecule has 8 heteroatoms. The number of thioether (sulfide) groups is 1. The average Bonchev–Trinajstić information content (AvgIpc) is 3.21. The molecule has 0 aromatic heterocycles. The minimum atomic E-state index is -0.351. The van der Waals surface area contributed by atoms with Crippen molar-refractivity contribution in [2.24, 2.45) is 0 Å². The second-order valence-electron chi connectivity index (χ2n) is 7.12. The SMILES string of the molecule is CCN1C(=O)C(=C2C(=O)N(CC(=O)NCCc3ccccc3)c3ccccc32)SC1=S. The molecule has 2 heterocycles. The Morgan fingerprint density at radius 3 is 2.42 bits per heavy atom. The van der Waals surface area contributed by atoms with Gasteiger partial charge in [-0.3, -0.25) is 24.2 Å². The molecule has 1 fully saturated rings. The number of hydrogen-bond acceptors (Lipinski definition) is 5. The van der Waals surface area contributed by atoms with E-state index in [1.165, 1.54) is 9.80 Å². The number of benzene rings is 2. The predicted octanol–water partition coefficient (Wildman–Crippen LogP) is 2.98. The highest BCUT2D eigenvalue weighted by molar-refractivity contribution is 8.26.